The highest BCUT2D eigenvalue weighted by atomic mass is 16.4. The zero-order valence-electron chi connectivity index (χ0n) is 24.8. The van der Waals surface area contributed by atoms with Gasteiger partial charge in [0.2, 0.25) is 0 Å². The second-order valence-electron chi connectivity index (χ2n) is 10.7. The molecule has 4 N–H and O–H groups in total. The first-order valence-electron chi connectivity index (χ1n) is 14.9. The highest BCUT2D eigenvalue weighted by molar-refractivity contribution is 5.75. The van der Waals surface area contributed by atoms with Crippen LogP contribution in [-0.2, 0) is 19.2 Å². The number of hydrogen-bond acceptors (Lipinski definition) is 8. The molecule has 0 unspecified atom stereocenters. The first kappa shape index (κ1) is 35.7. The average Bonchev–Trinajstić information content (AvgIpc) is 2.88. The maximum absolute atomic E-state index is 12.2. The summed E-state index contributed by atoms with van der Waals surface area (Å²) in [6.45, 7) is 10.1. The summed E-state index contributed by atoms with van der Waals surface area (Å²) in [5, 5.41) is 40.1. The van der Waals surface area contributed by atoms with Crippen molar-refractivity contribution in [3.05, 3.63) is 0 Å². The smallest absolute Gasteiger partial charge is 0.320 e. The van der Waals surface area contributed by atoms with Gasteiger partial charge in [0.25, 0.3) is 0 Å². The fourth-order valence-electron chi connectivity index (χ4n) is 5.66. The number of hydrogen-bond donors (Lipinski definition) is 4. The molecule has 0 aromatic heterocycles. The first-order valence-corrected chi connectivity index (χ1v) is 14.9. The van der Waals surface area contributed by atoms with Crippen LogP contribution in [0.3, 0.4) is 0 Å². The Kier molecular flexibility index (Phi) is 16.9. The molecule has 1 saturated heterocycles. The quantitative estimate of drug-likeness (QED) is 0.214. The van der Waals surface area contributed by atoms with E-state index in [4.69, 9.17) is 0 Å². The van der Waals surface area contributed by atoms with Crippen LogP contribution in [0.1, 0.15) is 79.1 Å². The topological polar surface area (TPSA) is 162 Å². The van der Waals surface area contributed by atoms with Gasteiger partial charge in [0.1, 0.15) is 24.2 Å². The van der Waals surface area contributed by atoms with Crippen LogP contribution in [0.2, 0.25) is 0 Å². The molecule has 1 aliphatic rings. The minimum absolute atomic E-state index is 0.307. The highest BCUT2D eigenvalue weighted by Gasteiger charge is 2.33. The second-order valence-corrected chi connectivity index (χ2v) is 10.7. The van der Waals surface area contributed by atoms with Gasteiger partial charge in [-0.3, -0.25) is 38.8 Å². The Hall–Kier alpha value is -2.28. The third-order valence-electron chi connectivity index (χ3n) is 7.85. The number of aliphatic carboxylic acids is 4. The van der Waals surface area contributed by atoms with Gasteiger partial charge < -0.3 is 20.4 Å². The van der Waals surface area contributed by atoms with Crippen molar-refractivity contribution in [2.45, 2.75) is 103 Å². The van der Waals surface area contributed by atoms with E-state index in [1.54, 1.807) is 0 Å². The van der Waals surface area contributed by atoms with Crippen molar-refractivity contribution in [1.82, 2.24) is 19.6 Å². The van der Waals surface area contributed by atoms with Gasteiger partial charge in [-0.1, -0.05) is 53.4 Å². The predicted molar refractivity (Wildman–Crippen MR) is 152 cm³/mol. The summed E-state index contributed by atoms with van der Waals surface area (Å²) in [6.07, 6.45) is 4.33. The van der Waals surface area contributed by atoms with Gasteiger partial charge in [-0.05, 0) is 25.7 Å². The van der Waals surface area contributed by atoms with E-state index in [-0.39, 0.29) is 0 Å². The van der Waals surface area contributed by atoms with Gasteiger partial charge in [-0.25, -0.2) is 0 Å². The molecule has 1 aliphatic heterocycles. The van der Waals surface area contributed by atoms with Gasteiger partial charge in [0.05, 0.1) is 0 Å². The lowest BCUT2D eigenvalue weighted by Crippen LogP contribution is -2.56. The standard InChI is InChI=1S/C28H52N4O8/c1-5-9-21(25(33)34)29-13-15-30(22(10-6-2)26(35)36)17-19-32(24(12-8-4)28(39)40)20-18-31(16-14-29)23(11-7-3)27(37)38/h21-24H,5-20H2,1-4H3,(H,33,34)(H,35,36)(H,37,38)(H,39,40)/t21-,22-,23-,24-/m1/s1. The van der Waals surface area contributed by atoms with Crippen LogP contribution in [0.5, 0.6) is 0 Å². The summed E-state index contributed by atoms with van der Waals surface area (Å²) in [5.74, 6) is -3.80. The van der Waals surface area contributed by atoms with Crippen molar-refractivity contribution in [3.63, 3.8) is 0 Å². The Morgan fingerprint density at radius 2 is 0.575 bits per heavy atom. The van der Waals surface area contributed by atoms with Crippen LogP contribution < -0.4 is 0 Å². The molecule has 1 heterocycles. The van der Waals surface area contributed by atoms with Crippen molar-refractivity contribution in [3.8, 4) is 0 Å². The van der Waals surface area contributed by atoms with Crippen LogP contribution in [-0.4, -0.2) is 140 Å². The molecule has 1 rings (SSSR count). The number of rotatable bonds is 16. The van der Waals surface area contributed by atoms with E-state index in [1.807, 2.05) is 47.3 Å². The summed E-state index contributed by atoms with van der Waals surface area (Å²) in [7, 11) is 0. The molecule has 4 atom stereocenters. The van der Waals surface area contributed by atoms with E-state index in [0.29, 0.717) is 104 Å². The lowest BCUT2D eigenvalue weighted by Gasteiger charge is -2.39. The molecule has 0 aliphatic carbocycles. The average molecular weight is 573 g/mol. The Morgan fingerprint density at radius 1 is 0.425 bits per heavy atom. The second kappa shape index (κ2) is 19.0. The molecule has 0 aromatic carbocycles. The first-order chi connectivity index (χ1) is 19.0. The lowest BCUT2D eigenvalue weighted by molar-refractivity contribution is -0.148. The lowest BCUT2D eigenvalue weighted by atomic mass is 10.1. The van der Waals surface area contributed by atoms with Gasteiger partial charge in [-0.2, -0.15) is 0 Å². The van der Waals surface area contributed by atoms with Gasteiger partial charge in [-0.15, -0.1) is 0 Å². The molecule has 0 amide bonds. The fraction of sp³-hybridized carbons (Fsp3) is 0.857. The Morgan fingerprint density at radius 3 is 0.675 bits per heavy atom. The van der Waals surface area contributed by atoms with Crippen LogP contribution in [0.4, 0.5) is 0 Å². The van der Waals surface area contributed by atoms with E-state index >= 15 is 0 Å². The molecular weight excluding hydrogens is 520 g/mol. The molecule has 12 nitrogen and oxygen atoms in total. The number of carbonyl (C=O) groups is 4. The van der Waals surface area contributed by atoms with Crippen molar-refractivity contribution in [2.75, 3.05) is 52.4 Å². The molecule has 1 fully saturated rings. The zero-order chi connectivity index (χ0) is 30.2. The fourth-order valence-corrected chi connectivity index (χ4v) is 5.66. The maximum Gasteiger partial charge on any atom is 0.320 e. The monoisotopic (exact) mass is 572 g/mol. The molecular formula is C28H52N4O8. The molecule has 0 radical (unpaired) electrons. The zero-order valence-corrected chi connectivity index (χ0v) is 24.8. The molecule has 12 heteroatoms. The normalized spacial score (nSPS) is 20.5. The largest absolute Gasteiger partial charge is 0.480 e. The summed E-state index contributed by atoms with van der Waals surface area (Å²) in [4.78, 5) is 56.3. The summed E-state index contributed by atoms with van der Waals surface area (Å²) in [6, 6.07) is -3.06. The molecule has 0 spiro atoms. The van der Waals surface area contributed by atoms with E-state index in [1.165, 1.54) is 0 Å². The SMILES string of the molecule is CCC[C@H](C(=O)O)N1CCN([C@H](CCC)C(=O)O)CCN([C@H](CCC)C(=O)O)CCN([C@H](CCC)C(=O)O)CC1. The predicted octanol–water partition coefficient (Wildman–Crippen LogP) is 2.22. The number of carboxylic acid groups (broad SMARTS) is 4. The minimum Gasteiger partial charge on any atom is -0.480 e. The molecule has 0 bridgehead atoms. The summed E-state index contributed by atoms with van der Waals surface area (Å²) >= 11 is 0. The minimum atomic E-state index is -0.950. The Balaban J connectivity index is 3.52. The number of carboxylic acids is 4. The van der Waals surface area contributed by atoms with Crippen LogP contribution >= 0.6 is 0 Å². The highest BCUT2D eigenvalue weighted by Crippen LogP contribution is 2.17. The van der Waals surface area contributed by atoms with Gasteiger partial charge in [0.15, 0.2) is 0 Å². The molecule has 232 valence electrons. The van der Waals surface area contributed by atoms with Crippen molar-refractivity contribution in [2.24, 2.45) is 0 Å². The third-order valence-corrected chi connectivity index (χ3v) is 7.85. The van der Waals surface area contributed by atoms with Crippen molar-refractivity contribution >= 4 is 23.9 Å². The van der Waals surface area contributed by atoms with Crippen LogP contribution in [0.25, 0.3) is 0 Å². The van der Waals surface area contributed by atoms with Crippen molar-refractivity contribution in [1.29, 1.82) is 0 Å². The molecule has 0 aromatic rings. The third kappa shape index (κ3) is 11.3. The van der Waals surface area contributed by atoms with E-state index in [2.05, 4.69) is 0 Å². The number of nitrogens with zero attached hydrogens (tertiary/aromatic N) is 4. The Bertz CT molecular complexity index is 654. The van der Waals surface area contributed by atoms with Crippen LogP contribution in [0.15, 0.2) is 0 Å². The summed E-state index contributed by atoms with van der Waals surface area (Å²) < 4.78 is 0. The molecule has 40 heavy (non-hydrogen) atoms. The van der Waals surface area contributed by atoms with Gasteiger partial charge >= 0.3 is 23.9 Å². The maximum atomic E-state index is 12.2. The van der Waals surface area contributed by atoms with Crippen molar-refractivity contribution < 1.29 is 39.6 Å². The van der Waals surface area contributed by atoms with Crippen LogP contribution in [0, 0.1) is 0 Å². The Labute approximate surface area is 238 Å². The summed E-state index contributed by atoms with van der Waals surface area (Å²) in [5.41, 5.74) is 0. The van der Waals surface area contributed by atoms with Gasteiger partial charge in [0, 0.05) is 52.4 Å². The van der Waals surface area contributed by atoms with E-state index in [9.17, 15) is 39.6 Å². The van der Waals surface area contributed by atoms with E-state index in [0.717, 1.165) is 0 Å². The van der Waals surface area contributed by atoms with E-state index < -0.39 is 48.0 Å². The molecule has 0 saturated carbocycles.